The Balaban J connectivity index is 1.57. The maximum atomic E-state index is 12.1. The number of amides is 1. The van der Waals surface area contributed by atoms with Crippen LogP contribution in [0.3, 0.4) is 0 Å². The topological polar surface area (TPSA) is 29.1 Å². The summed E-state index contributed by atoms with van der Waals surface area (Å²) in [5.74, 6) is 2.58. The lowest BCUT2D eigenvalue weighted by molar-refractivity contribution is -0.117. The summed E-state index contributed by atoms with van der Waals surface area (Å²) in [5.41, 5.74) is 2.19. The van der Waals surface area contributed by atoms with Crippen LogP contribution in [-0.4, -0.2) is 5.91 Å². The highest BCUT2D eigenvalue weighted by molar-refractivity contribution is 14.1. The van der Waals surface area contributed by atoms with Gasteiger partial charge < -0.3 is 5.32 Å². The van der Waals surface area contributed by atoms with Crippen LogP contribution < -0.4 is 5.32 Å². The molecule has 1 aromatic carbocycles. The molecule has 2 saturated carbocycles. The molecule has 0 aromatic heterocycles. The molecule has 2 bridgehead atoms. The van der Waals surface area contributed by atoms with E-state index in [4.69, 9.17) is 0 Å². The van der Waals surface area contributed by atoms with Crippen LogP contribution in [0.5, 0.6) is 0 Å². The van der Waals surface area contributed by atoms with Gasteiger partial charge in [0.05, 0.1) is 0 Å². The first-order valence-electron chi connectivity index (χ1n) is 7.18. The monoisotopic (exact) mass is 369 g/mol. The van der Waals surface area contributed by atoms with Crippen molar-refractivity contribution in [3.05, 3.63) is 27.3 Å². The minimum Gasteiger partial charge on any atom is -0.326 e. The van der Waals surface area contributed by atoms with E-state index in [0.29, 0.717) is 12.3 Å². The number of rotatable bonds is 3. The van der Waals surface area contributed by atoms with E-state index in [9.17, 15) is 4.79 Å². The molecule has 0 unspecified atom stereocenters. The predicted octanol–water partition coefficient (Wildman–Crippen LogP) is 4.36. The lowest BCUT2D eigenvalue weighted by Gasteiger charge is -2.21. The zero-order valence-corrected chi connectivity index (χ0v) is 13.4. The number of hydrogen-bond donors (Lipinski definition) is 1. The molecule has 3 atom stereocenters. The number of carbonyl (C=O) groups is 1. The van der Waals surface area contributed by atoms with Gasteiger partial charge in [0, 0.05) is 15.7 Å². The Morgan fingerprint density at radius 1 is 1.37 bits per heavy atom. The standard InChI is InChI=1S/C16H20INO/c1-10-2-5-14(9-15(10)17)18-16(19)8-13-7-11-3-4-12(13)6-11/h2,5,9,11-13H,3-4,6-8H2,1H3,(H,18,19)/t11-,12+,13-/m0/s1. The molecular weight excluding hydrogens is 349 g/mol. The van der Waals surface area contributed by atoms with E-state index in [-0.39, 0.29) is 5.91 Å². The summed E-state index contributed by atoms with van der Waals surface area (Å²) in [4.78, 5) is 12.1. The number of benzene rings is 1. The van der Waals surface area contributed by atoms with Crippen molar-refractivity contribution < 1.29 is 4.79 Å². The Morgan fingerprint density at radius 3 is 2.84 bits per heavy atom. The number of nitrogens with one attached hydrogen (secondary N) is 1. The average Bonchev–Trinajstić information content (AvgIpc) is 2.96. The molecule has 1 N–H and O–H groups in total. The molecule has 102 valence electrons. The first-order chi connectivity index (χ1) is 9.11. The van der Waals surface area contributed by atoms with Crippen LogP contribution in [-0.2, 0) is 4.79 Å². The van der Waals surface area contributed by atoms with Crippen LogP contribution in [0, 0.1) is 28.2 Å². The number of carbonyl (C=O) groups excluding carboxylic acids is 1. The van der Waals surface area contributed by atoms with Crippen molar-refractivity contribution >= 4 is 34.2 Å². The second-order valence-electron chi connectivity index (χ2n) is 6.15. The van der Waals surface area contributed by atoms with Crippen molar-refractivity contribution in [2.75, 3.05) is 5.32 Å². The van der Waals surface area contributed by atoms with Crippen LogP contribution in [0.1, 0.15) is 37.7 Å². The molecule has 3 heteroatoms. The van der Waals surface area contributed by atoms with Crippen molar-refractivity contribution in [1.29, 1.82) is 0 Å². The van der Waals surface area contributed by atoms with Gasteiger partial charge in [-0.15, -0.1) is 0 Å². The molecule has 0 saturated heterocycles. The molecule has 0 radical (unpaired) electrons. The fraction of sp³-hybridized carbons (Fsp3) is 0.562. The van der Waals surface area contributed by atoms with E-state index in [1.807, 2.05) is 6.07 Å². The molecule has 1 aromatic rings. The summed E-state index contributed by atoms with van der Waals surface area (Å²) >= 11 is 2.31. The van der Waals surface area contributed by atoms with Crippen LogP contribution in [0.2, 0.25) is 0 Å². The summed E-state index contributed by atoms with van der Waals surface area (Å²) < 4.78 is 1.20. The van der Waals surface area contributed by atoms with E-state index < -0.39 is 0 Å². The van der Waals surface area contributed by atoms with E-state index in [0.717, 1.165) is 17.5 Å². The van der Waals surface area contributed by atoms with Gasteiger partial charge in [-0.05, 0) is 84.2 Å². The minimum atomic E-state index is 0.192. The van der Waals surface area contributed by atoms with Crippen LogP contribution >= 0.6 is 22.6 Å². The molecule has 1 amide bonds. The SMILES string of the molecule is Cc1ccc(NC(=O)C[C@@H]2C[C@H]3CC[C@@H]2C3)cc1I. The van der Waals surface area contributed by atoms with Crippen molar-refractivity contribution in [1.82, 2.24) is 0 Å². The van der Waals surface area contributed by atoms with Gasteiger partial charge in [-0.3, -0.25) is 4.79 Å². The zero-order valence-electron chi connectivity index (χ0n) is 11.3. The molecule has 0 heterocycles. The molecule has 3 rings (SSSR count). The molecular formula is C16H20INO. The summed E-state index contributed by atoms with van der Waals surface area (Å²) in [5, 5.41) is 3.05. The highest BCUT2D eigenvalue weighted by atomic mass is 127. The number of halogens is 1. The quantitative estimate of drug-likeness (QED) is 0.788. The summed E-state index contributed by atoms with van der Waals surface area (Å²) in [7, 11) is 0. The Bertz CT molecular complexity index is 500. The maximum absolute atomic E-state index is 12.1. The molecule has 2 aliphatic carbocycles. The summed E-state index contributed by atoms with van der Waals surface area (Å²) in [6, 6.07) is 6.11. The first kappa shape index (κ1) is 13.4. The van der Waals surface area contributed by atoms with Gasteiger partial charge in [0.15, 0.2) is 0 Å². The number of anilines is 1. The van der Waals surface area contributed by atoms with Gasteiger partial charge >= 0.3 is 0 Å². The number of hydrogen-bond acceptors (Lipinski definition) is 1. The molecule has 2 aliphatic rings. The van der Waals surface area contributed by atoms with Gasteiger partial charge in [0.25, 0.3) is 0 Å². The Labute approximate surface area is 128 Å². The second-order valence-corrected chi connectivity index (χ2v) is 7.31. The van der Waals surface area contributed by atoms with Gasteiger partial charge in [0.1, 0.15) is 0 Å². The molecule has 2 nitrogen and oxygen atoms in total. The maximum Gasteiger partial charge on any atom is 0.224 e. The lowest BCUT2D eigenvalue weighted by atomic mass is 9.86. The Hall–Kier alpha value is -0.580. The number of fused-ring (bicyclic) bond motifs is 2. The highest BCUT2D eigenvalue weighted by Gasteiger charge is 2.40. The molecule has 0 spiro atoms. The minimum absolute atomic E-state index is 0.192. The van der Waals surface area contributed by atoms with Crippen LogP contribution in [0.25, 0.3) is 0 Å². The molecule has 0 aliphatic heterocycles. The Morgan fingerprint density at radius 2 is 2.21 bits per heavy atom. The highest BCUT2D eigenvalue weighted by Crippen LogP contribution is 2.49. The second kappa shape index (κ2) is 5.43. The third kappa shape index (κ3) is 2.96. The van der Waals surface area contributed by atoms with Gasteiger partial charge in [-0.2, -0.15) is 0 Å². The smallest absolute Gasteiger partial charge is 0.224 e. The average molecular weight is 369 g/mol. The zero-order chi connectivity index (χ0) is 13.4. The van der Waals surface area contributed by atoms with Gasteiger partial charge in [-0.1, -0.05) is 12.5 Å². The van der Waals surface area contributed by atoms with Crippen molar-refractivity contribution in [3.63, 3.8) is 0 Å². The largest absolute Gasteiger partial charge is 0.326 e. The van der Waals surface area contributed by atoms with Crippen molar-refractivity contribution in [2.24, 2.45) is 17.8 Å². The Kier molecular flexibility index (Phi) is 3.83. The van der Waals surface area contributed by atoms with Crippen molar-refractivity contribution in [2.45, 2.75) is 39.0 Å². The van der Waals surface area contributed by atoms with E-state index in [1.165, 1.54) is 34.8 Å². The normalized spacial score (nSPS) is 28.6. The van der Waals surface area contributed by atoms with Crippen molar-refractivity contribution in [3.8, 4) is 0 Å². The fourth-order valence-electron chi connectivity index (χ4n) is 3.75. The summed E-state index contributed by atoms with van der Waals surface area (Å²) in [6.45, 7) is 2.09. The number of aryl methyl sites for hydroxylation is 1. The van der Waals surface area contributed by atoms with Crippen LogP contribution in [0.4, 0.5) is 5.69 Å². The third-order valence-corrected chi connectivity index (χ3v) is 5.95. The van der Waals surface area contributed by atoms with Gasteiger partial charge in [0.2, 0.25) is 5.91 Å². The molecule has 19 heavy (non-hydrogen) atoms. The molecule has 2 fully saturated rings. The first-order valence-corrected chi connectivity index (χ1v) is 8.25. The van der Waals surface area contributed by atoms with E-state index >= 15 is 0 Å². The van der Waals surface area contributed by atoms with Crippen LogP contribution in [0.15, 0.2) is 18.2 Å². The third-order valence-electron chi connectivity index (χ3n) is 4.79. The summed E-state index contributed by atoms with van der Waals surface area (Å²) in [6.07, 6.45) is 6.12. The van der Waals surface area contributed by atoms with E-state index in [1.54, 1.807) is 0 Å². The van der Waals surface area contributed by atoms with Gasteiger partial charge in [-0.25, -0.2) is 0 Å². The van der Waals surface area contributed by atoms with E-state index in [2.05, 4.69) is 47.0 Å². The lowest BCUT2D eigenvalue weighted by Crippen LogP contribution is -2.20. The predicted molar refractivity (Wildman–Crippen MR) is 86.1 cm³/mol. The fourth-order valence-corrected chi connectivity index (χ4v) is 4.26.